The van der Waals surface area contributed by atoms with Gasteiger partial charge in [0.15, 0.2) is 0 Å². The maximum atomic E-state index is 10.7. The van der Waals surface area contributed by atoms with E-state index in [2.05, 4.69) is 26.1 Å². The van der Waals surface area contributed by atoms with Gasteiger partial charge in [-0.1, -0.05) is 20.8 Å². The first-order chi connectivity index (χ1) is 8.69. The zero-order valence-electron chi connectivity index (χ0n) is 11.3. The van der Waals surface area contributed by atoms with E-state index in [1.54, 1.807) is 12.1 Å². The highest BCUT2D eigenvalue weighted by atomic mass is 127. The topological polar surface area (TPSA) is 75.4 Å². The van der Waals surface area contributed by atoms with E-state index in [0.717, 1.165) is 5.69 Å². The minimum Gasteiger partial charge on any atom is -0.391 e. The summed E-state index contributed by atoms with van der Waals surface area (Å²) in [6, 6.07) is 4.84. The van der Waals surface area contributed by atoms with Crippen LogP contribution in [0.15, 0.2) is 18.2 Å². The minimum absolute atomic E-state index is 0.0744. The fourth-order valence-corrected chi connectivity index (χ4v) is 2.49. The molecule has 6 heteroatoms. The number of hydrogen-bond acceptors (Lipinski definition) is 4. The second kappa shape index (κ2) is 6.51. The Balaban J connectivity index is 2.59. The lowest BCUT2D eigenvalue weighted by atomic mass is 9.89. The molecule has 19 heavy (non-hydrogen) atoms. The molecule has 5 nitrogen and oxygen atoms in total. The lowest BCUT2D eigenvalue weighted by Crippen LogP contribution is -2.25. The van der Waals surface area contributed by atoms with Crippen molar-refractivity contribution < 1.29 is 10.0 Å². The summed E-state index contributed by atoms with van der Waals surface area (Å²) in [5, 5.41) is 23.7. The Bertz CT molecular complexity index is 458. The maximum Gasteiger partial charge on any atom is 0.282 e. The van der Waals surface area contributed by atoms with Gasteiger partial charge in [0.1, 0.15) is 0 Å². The zero-order valence-corrected chi connectivity index (χ0v) is 13.5. The van der Waals surface area contributed by atoms with Crippen molar-refractivity contribution in [2.75, 3.05) is 11.9 Å². The highest BCUT2D eigenvalue weighted by molar-refractivity contribution is 14.1. The summed E-state index contributed by atoms with van der Waals surface area (Å²) < 4.78 is 0.581. The van der Waals surface area contributed by atoms with Crippen molar-refractivity contribution in [1.82, 2.24) is 0 Å². The van der Waals surface area contributed by atoms with E-state index in [1.807, 2.05) is 22.6 Å². The average Bonchev–Trinajstić information content (AvgIpc) is 2.23. The van der Waals surface area contributed by atoms with Gasteiger partial charge in [0.25, 0.3) is 5.69 Å². The number of benzene rings is 1. The van der Waals surface area contributed by atoms with Crippen LogP contribution >= 0.6 is 22.6 Å². The van der Waals surface area contributed by atoms with E-state index in [4.69, 9.17) is 0 Å². The molecule has 1 atom stereocenters. The van der Waals surface area contributed by atoms with Crippen LogP contribution < -0.4 is 5.32 Å². The van der Waals surface area contributed by atoms with Crippen molar-refractivity contribution in [1.29, 1.82) is 0 Å². The molecule has 2 N–H and O–H groups in total. The number of hydrogen-bond donors (Lipinski definition) is 2. The molecule has 0 heterocycles. The van der Waals surface area contributed by atoms with Gasteiger partial charge in [-0.3, -0.25) is 10.1 Å². The van der Waals surface area contributed by atoms with Crippen LogP contribution in [-0.2, 0) is 0 Å². The summed E-state index contributed by atoms with van der Waals surface area (Å²) in [6.45, 7) is 6.66. The van der Waals surface area contributed by atoms with Crippen LogP contribution in [0.2, 0.25) is 0 Å². The summed E-state index contributed by atoms with van der Waals surface area (Å²) in [7, 11) is 0. The highest BCUT2D eigenvalue weighted by Crippen LogP contribution is 2.25. The van der Waals surface area contributed by atoms with Crippen LogP contribution in [0.5, 0.6) is 0 Å². The SMILES string of the molecule is CC(C)(C)CC(O)CNc1ccc([N+](=O)[O-])c(I)c1. The number of nitrogens with one attached hydrogen (secondary N) is 1. The van der Waals surface area contributed by atoms with Crippen LogP contribution in [0.4, 0.5) is 11.4 Å². The summed E-state index contributed by atoms with van der Waals surface area (Å²) in [5.74, 6) is 0. The number of rotatable bonds is 5. The molecule has 0 bridgehead atoms. The Hall–Kier alpha value is -0.890. The first-order valence-corrected chi connectivity index (χ1v) is 7.13. The van der Waals surface area contributed by atoms with Crippen LogP contribution in [0, 0.1) is 19.1 Å². The molecule has 1 aromatic rings. The molecule has 0 spiro atoms. The molecule has 106 valence electrons. The van der Waals surface area contributed by atoms with Crippen molar-refractivity contribution in [3.8, 4) is 0 Å². The van der Waals surface area contributed by atoms with Gasteiger partial charge in [0.05, 0.1) is 14.6 Å². The van der Waals surface area contributed by atoms with E-state index in [0.29, 0.717) is 16.5 Å². The summed E-state index contributed by atoms with van der Waals surface area (Å²) >= 11 is 1.94. The normalized spacial score (nSPS) is 13.1. The molecule has 0 fully saturated rings. The van der Waals surface area contributed by atoms with Crippen molar-refractivity contribution in [2.24, 2.45) is 5.41 Å². The molecule has 0 aliphatic rings. The predicted octanol–water partition coefficient (Wildman–Crippen LogP) is 3.41. The number of nitro benzene ring substituents is 1. The fourth-order valence-electron chi connectivity index (χ4n) is 1.78. The Morgan fingerprint density at radius 1 is 1.47 bits per heavy atom. The van der Waals surface area contributed by atoms with Gasteiger partial charge in [-0.15, -0.1) is 0 Å². The van der Waals surface area contributed by atoms with Crippen LogP contribution in [-0.4, -0.2) is 22.7 Å². The van der Waals surface area contributed by atoms with Gasteiger partial charge >= 0.3 is 0 Å². The Morgan fingerprint density at radius 2 is 2.11 bits per heavy atom. The third-order valence-corrected chi connectivity index (χ3v) is 3.40. The number of nitro groups is 1. The van der Waals surface area contributed by atoms with Crippen molar-refractivity contribution in [2.45, 2.75) is 33.3 Å². The minimum atomic E-state index is -0.437. The number of anilines is 1. The number of aliphatic hydroxyl groups is 1. The van der Waals surface area contributed by atoms with Crippen LogP contribution in [0.1, 0.15) is 27.2 Å². The molecule has 1 unspecified atom stereocenters. The van der Waals surface area contributed by atoms with Gasteiger partial charge < -0.3 is 10.4 Å². The third-order valence-electron chi connectivity index (χ3n) is 2.53. The molecule has 0 aromatic heterocycles. The standard InChI is InChI=1S/C13H19IN2O3/c1-13(2,3)7-10(17)8-15-9-4-5-12(16(18)19)11(14)6-9/h4-6,10,15,17H,7-8H2,1-3H3. The smallest absolute Gasteiger partial charge is 0.282 e. The maximum absolute atomic E-state index is 10.7. The molecule has 0 amide bonds. The summed E-state index contributed by atoms with van der Waals surface area (Å²) in [5.41, 5.74) is 0.953. The molecule has 1 aromatic carbocycles. The van der Waals surface area contributed by atoms with Crippen molar-refractivity contribution >= 4 is 34.0 Å². The van der Waals surface area contributed by atoms with E-state index in [9.17, 15) is 15.2 Å². The highest BCUT2D eigenvalue weighted by Gasteiger charge is 2.17. The van der Waals surface area contributed by atoms with Crippen LogP contribution in [0.3, 0.4) is 0 Å². The van der Waals surface area contributed by atoms with Gasteiger partial charge in [-0.2, -0.15) is 0 Å². The van der Waals surface area contributed by atoms with E-state index in [1.165, 1.54) is 6.07 Å². The molecule has 0 aliphatic heterocycles. The molecule has 1 rings (SSSR count). The number of aliphatic hydroxyl groups excluding tert-OH is 1. The summed E-state index contributed by atoms with van der Waals surface area (Å²) in [6.07, 6.45) is 0.261. The Morgan fingerprint density at radius 3 is 2.58 bits per heavy atom. The van der Waals surface area contributed by atoms with E-state index in [-0.39, 0.29) is 11.1 Å². The van der Waals surface area contributed by atoms with E-state index < -0.39 is 11.0 Å². The largest absolute Gasteiger partial charge is 0.391 e. The molecule has 0 radical (unpaired) electrons. The fraction of sp³-hybridized carbons (Fsp3) is 0.538. The van der Waals surface area contributed by atoms with E-state index >= 15 is 0 Å². The number of halogens is 1. The second-order valence-corrected chi connectivity index (χ2v) is 6.88. The zero-order chi connectivity index (χ0) is 14.6. The molecular formula is C13H19IN2O3. The van der Waals surface area contributed by atoms with Gasteiger partial charge in [-0.05, 0) is 46.6 Å². The Labute approximate surface area is 126 Å². The monoisotopic (exact) mass is 378 g/mol. The van der Waals surface area contributed by atoms with Crippen LogP contribution in [0.25, 0.3) is 0 Å². The first kappa shape index (κ1) is 16.2. The van der Waals surface area contributed by atoms with Crippen molar-refractivity contribution in [3.05, 3.63) is 31.9 Å². The molecule has 0 aliphatic carbocycles. The third kappa shape index (κ3) is 5.73. The van der Waals surface area contributed by atoms with Gasteiger partial charge in [-0.25, -0.2) is 0 Å². The first-order valence-electron chi connectivity index (χ1n) is 6.05. The molecular weight excluding hydrogens is 359 g/mol. The summed E-state index contributed by atoms with van der Waals surface area (Å²) in [4.78, 5) is 10.3. The van der Waals surface area contributed by atoms with Crippen molar-refractivity contribution in [3.63, 3.8) is 0 Å². The predicted molar refractivity (Wildman–Crippen MR) is 84.4 cm³/mol. The lowest BCUT2D eigenvalue weighted by molar-refractivity contribution is -0.385. The number of nitrogens with zero attached hydrogens (tertiary/aromatic N) is 1. The molecule has 0 saturated heterocycles. The quantitative estimate of drug-likeness (QED) is 0.468. The van der Waals surface area contributed by atoms with Gasteiger partial charge in [0, 0.05) is 18.3 Å². The van der Waals surface area contributed by atoms with Gasteiger partial charge in [0.2, 0.25) is 0 Å². The average molecular weight is 378 g/mol. The molecule has 0 saturated carbocycles. The Kier molecular flexibility index (Phi) is 5.54. The lowest BCUT2D eigenvalue weighted by Gasteiger charge is -2.22. The second-order valence-electron chi connectivity index (χ2n) is 5.72.